The van der Waals surface area contributed by atoms with Gasteiger partial charge in [0.25, 0.3) is 0 Å². The highest BCUT2D eigenvalue weighted by Crippen LogP contribution is 2.25. The van der Waals surface area contributed by atoms with Crippen molar-refractivity contribution in [3.05, 3.63) is 48.3 Å². The number of nitrogens with zero attached hydrogens (tertiary/aromatic N) is 2. The van der Waals surface area contributed by atoms with Gasteiger partial charge in [0.1, 0.15) is 5.82 Å². The second-order valence-electron chi connectivity index (χ2n) is 4.63. The Kier molecular flexibility index (Phi) is 2.63. The van der Waals surface area contributed by atoms with Crippen molar-refractivity contribution >= 4 is 28.1 Å². The number of fused-ring (bicyclic) bond motifs is 1. The van der Waals surface area contributed by atoms with Crippen molar-refractivity contribution < 1.29 is 0 Å². The van der Waals surface area contributed by atoms with E-state index in [4.69, 9.17) is 5.73 Å². The van der Waals surface area contributed by atoms with E-state index >= 15 is 0 Å². The third-order valence-corrected chi connectivity index (χ3v) is 3.34. The molecular formula is C15H16N4. The van der Waals surface area contributed by atoms with E-state index in [0.29, 0.717) is 0 Å². The predicted molar refractivity (Wildman–Crippen MR) is 79.6 cm³/mol. The SMILES string of the molecule is Cc1nc2cc(Nc3ccccc3N)ccc2n1C. The van der Waals surface area contributed by atoms with Gasteiger partial charge in [-0.05, 0) is 37.3 Å². The number of benzene rings is 2. The Morgan fingerprint density at radius 1 is 1.16 bits per heavy atom. The molecule has 19 heavy (non-hydrogen) atoms. The van der Waals surface area contributed by atoms with E-state index in [0.717, 1.165) is 33.9 Å². The fourth-order valence-corrected chi connectivity index (χ4v) is 2.16. The van der Waals surface area contributed by atoms with Gasteiger partial charge in [-0.2, -0.15) is 0 Å². The third-order valence-electron chi connectivity index (χ3n) is 3.34. The van der Waals surface area contributed by atoms with E-state index in [1.54, 1.807) is 0 Å². The normalized spacial score (nSPS) is 10.8. The Labute approximate surface area is 111 Å². The molecule has 0 amide bonds. The quantitative estimate of drug-likeness (QED) is 0.688. The molecule has 3 rings (SSSR count). The first kappa shape index (κ1) is 11.6. The van der Waals surface area contributed by atoms with Gasteiger partial charge in [-0.15, -0.1) is 0 Å². The van der Waals surface area contributed by atoms with Crippen LogP contribution in [0.15, 0.2) is 42.5 Å². The second kappa shape index (κ2) is 4.31. The largest absolute Gasteiger partial charge is 0.397 e. The van der Waals surface area contributed by atoms with Gasteiger partial charge >= 0.3 is 0 Å². The van der Waals surface area contributed by atoms with Crippen molar-refractivity contribution in [3.63, 3.8) is 0 Å². The average Bonchev–Trinajstić information content (AvgIpc) is 2.68. The number of imidazole rings is 1. The molecule has 1 aromatic heterocycles. The molecule has 0 saturated heterocycles. The lowest BCUT2D eigenvalue weighted by molar-refractivity contribution is 0.886. The molecule has 0 atom stereocenters. The summed E-state index contributed by atoms with van der Waals surface area (Å²) in [5, 5.41) is 3.32. The highest BCUT2D eigenvalue weighted by molar-refractivity contribution is 5.82. The monoisotopic (exact) mass is 252 g/mol. The van der Waals surface area contributed by atoms with E-state index in [1.165, 1.54) is 0 Å². The molecule has 0 saturated carbocycles. The molecule has 4 heteroatoms. The van der Waals surface area contributed by atoms with Crippen LogP contribution >= 0.6 is 0 Å². The number of aryl methyl sites for hydroxylation is 2. The zero-order valence-electron chi connectivity index (χ0n) is 11.0. The number of rotatable bonds is 2. The predicted octanol–water partition coefficient (Wildman–Crippen LogP) is 3.21. The lowest BCUT2D eigenvalue weighted by Gasteiger charge is -2.09. The number of anilines is 3. The van der Waals surface area contributed by atoms with Crippen LogP contribution in [0.1, 0.15) is 5.82 Å². The number of nitrogens with two attached hydrogens (primary N) is 1. The van der Waals surface area contributed by atoms with Crippen LogP contribution in [0.25, 0.3) is 11.0 Å². The maximum absolute atomic E-state index is 5.93. The Bertz CT molecular complexity index is 743. The van der Waals surface area contributed by atoms with Gasteiger partial charge in [-0.3, -0.25) is 0 Å². The summed E-state index contributed by atoms with van der Waals surface area (Å²) in [4.78, 5) is 4.53. The summed E-state index contributed by atoms with van der Waals surface area (Å²) in [6.07, 6.45) is 0. The molecule has 4 nitrogen and oxygen atoms in total. The van der Waals surface area contributed by atoms with E-state index in [-0.39, 0.29) is 0 Å². The summed E-state index contributed by atoms with van der Waals surface area (Å²) in [7, 11) is 2.02. The molecule has 0 bridgehead atoms. The van der Waals surface area contributed by atoms with Crippen molar-refractivity contribution in [2.45, 2.75) is 6.92 Å². The highest BCUT2D eigenvalue weighted by Gasteiger charge is 2.05. The molecule has 0 unspecified atom stereocenters. The minimum Gasteiger partial charge on any atom is -0.397 e. The molecule has 0 aliphatic rings. The van der Waals surface area contributed by atoms with Crippen molar-refractivity contribution in [2.75, 3.05) is 11.1 Å². The van der Waals surface area contributed by atoms with Gasteiger partial charge in [0.15, 0.2) is 0 Å². The molecule has 3 aromatic rings. The Balaban J connectivity index is 2.00. The molecule has 0 radical (unpaired) electrons. The topological polar surface area (TPSA) is 55.9 Å². The number of aromatic nitrogens is 2. The Morgan fingerprint density at radius 3 is 2.74 bits per heavy atom. The standard InChI is InChI=1S/C15H16N4/c1-10-17-14-9-11(7-8-15(14)19(10)2)18-13-6-4-3-5-12(13)16/h3-9,18H,16H2,1-2H3. The van der Waals surface area contributed by atoms with Crippen LogP contribution in [0.5, 0.6) is 0 Å². The third kappa shape index (κ3) is 2.01. The summed E-state index contributed by atoms with van der Waals surface area (Å²) in [5.41, 5.74) is 10.7. The van der Waals surface area contributed by atoms with Crippen LogP contribution in [0, 0.1) is 6.92 Å². The lowest BCUT2D eigenvalue weighted by Crippen LogP contribution is -1.95. The van der Waals surface area contributed by atoms with Gasteiger partial charge in [-0.1, -0.05) is 12.1 Å². The van der Waals surface area contributed by atoms with Gasteiger partial charge in [0.2, 0.25) is 0 Å². The number of hydrogen-bond donors (Lipinski definition) is 2. The van der Waals surface area contributed by atoms with Gasteiger partial charge in [0.05, 0.1) is 22.4 Å². The number of para-hydroxylation sites is 2. The van der Waals surface area contributed by atoms with Crippen LogP contribution in [0.4, 0.5) is 17.1 Å². The van der Waals surface area contributed by atoms with Gasteiger partial charge < -0.3 is 15.6 Å². The summed E-state index contributed by atoms with van der Waals surface area (Å²) in [6.45, 7) is 2.00. The molecule has 0 aliphatic heterocycles. The Hall–Kier alpha value is -2.49. The first-order chi connectivity index (χ1) is 9.15. The van der Waals surface area contributed by atoms with Crippen LogP contribution < -0.4 is 11.1 Å². The smallest absolute Gasteiger partial charge is 0.106 e. The summed E-state index contributed by atoms with van der Waals surface area (Å²) < 4.78 is 2.08. The molecule has 0 spiro atoms. The Morgan fingerprint density at radius 2 is 1.95 bits per heavy atom. The molecule has 0 fully saturated rings. The summed E-state index contributed by atoms with van der Waals surface area (Å²) in [5.74, 6) is 1.01. The molecular weight excluding hydrogens is 236 g/mol. The van der Waals surface area contributed by atoms with E-state index in [2.05, 4.69) is 20.9 Å². The molecule has 3 N–H and O–H groups in total. The minimum atomic E-state index is 0.736. The highest BCUT2D eigenvalue weighted by atomic mass is 15.1. The molecule has 1 heterocycles. The van der Waals surface area contributed by atoms with Crippen molar-refractivity contribution in [1.82, 2.24) is 9.55 Å². The maximum atomic E-state index is 5.93. The average molecular weight is 252 g/mol. The first-order valence-corrected chi connectivity index (χ1v) is 6.20. The van der Waals surface area contributed by atoms with Crippen molar-refractivity contribution in [3.8, 4) is 0 Å². The van der Waals surface area contributed by atoms with E-state index < -0.39 is 0 Å². The lowest BCUT2D eigenvalue weighted by atomic mass is 10.2. The molecule has 2 aromatic carbocycles. The van der Waals surface area contributed by atoms with Crippen molar-refractivity contribution in [2.24, 2.45) is 7.05 Å². The minimum absolute atomic E-state index is 0.736. The maximum Gasteiger partial charge on any atom is 0.106 e. The zero-order valence-corrected chi connectivity index (χ0v) is 11.0. The number of nitrogens with one attached hydrogen (secondary N) is 1. The van der Waals surface area contributed by atoms with Crippen molar-refractivity contribution in [1.29, 1.82) is 0 Å². The molecule has 96 valence electrons. The van der Waals surface area contributed by atoms with E-state index in [9.17, 15) is 0 Å². The second-order valence-corrected chi connectivity index (χ2v) is 4.63. The van der Waals surface area contributed by atoms with Gasteiger partial charge in [0, 0.05) is 12.7 Å². The fourth-order valence-electron chi connectivity index (χ4n) is 2.16. The van der Waals surface area contributed by atoms with Crippen LogP contribution in [0.3, 0.4) is 0 Å². The zero-order chi connectivity index (χ0) is 13.4. The molecule has 0 aliphatic carbocycles. The number of hydrogen-bond acceptors (Lipinski definition) is 3. The van der Waals surface area contributed by atoms with Crippen LogP contribution in [0.2, 0.25) is 0 Å². The number of nitrogen functional groups attached to an aromatic ring is 1. The fraction of sp³-hybridized carbons (Fsp3) is 0.133. The summed E-state index contributed by atoms with van der Waals surface area (Å²) in [6, 6.07) is 13.9. The van der Waals surface area contributed by atoms with Crippen LogP contribution in [-0.4, -0.2) is 9.55 Å². The first-order valence-electron chi connectivity index (χ1n) is 6.20. The van der Waals surface area contributed by atoms with Crippen LogP contribution in [-0.2, 0) is 7.05 Å². The summed E-state index contributed by atoms with van der Waals surface area (Å²) >= 11 is 0. The van der Waals surface area contributed by atoms with Gasteiger partial charge in [-0.25, -0.2) is 4.98 Å². The van der Waals surface area contributed by atoms with E-state index in [1.807, 2.05) is 50.4 Å².